The minimum absolute atomic E-state index is 0.0818. The van der Waals surface area contributed by atoms with E-state index in [2.05, 4.69) is 10.2 Å². The normalized spacial score (nSPS) is 11.7. The van der Waals surface area contributed by atoms with Crippen LogP contribution in [0.15, 0.2) is 18.2 Å². The Morgan fingerprint density at radius 3 is 2.55 bits per heavy atom. The maximum atomic E-state index is 10.9. The summed E-state index contributed by atoms with van der Waals surface area (Å²) in [4.78, 5) is 12.5. The molecule has 0 bridgehead atoms. The van der Waals surface area contributed by atoms with Crippen molar-refractivity contribution in [3.63, 3.8) is 0 Å². The Hall–Kier alpha value is -1.66. The second-order valence-corrected chi connectivity index (χ2v) is 5.46. The first-order valence-electron chi connectivity index (χ1n) is 6.66. The van der Waals surface area contributed by atoms with E-state index in [9.17, 15) is 15.2 Å². The number of nitrogens with zero attached hydrogens (tertiary/aromatic N) is 2. The zero-order valence-corrected chi connectivity index (χ0v) is 12.5. The number of aliphatic hydroxyl groups is 1. The Balaban J connectivity index is 2.98. The lowest BCUT2D eigenvalue weighted by Gasteiger charge is -2.28. The molecule has 0 saturated carbocycles. The Morgan fingerprint density at radius 1 is 1.45 bits per heavy atom. The van der Waals surface area contributed by atoms with Crippen molar-refractivity contribution in [2.45, 2.75) is 32.9 Å². The zero-order valence-electron chi connectivity index (χ0n) is 12.5. The zero-order chi connectivity index (χ0) is 15.3. The molecule has 1 rings (SSSR count). The molecular weight excluding hydrogens is 258 g/mol. The monoisotopic (exact) mass is 281 g/mol. The highest BCUT2D eigenvalue weighted by atomic mass is 16.6. The number of benzene rings is 1. The number of hydrogen-bond acceptors (Lipinski definition) is 5. The van der Waals surface area contributed by atoms with Crippen LogP contribution in [0, 0.1) is 10.1 Å². The predicted molar refractivity (Wildman–Crippen MR) is 79.9 cm³/mol. The second kappa shape index (κ2) is 6.67. The number of nitrogens with one attached hydrogen (secondary N) is 1. The predicted octanol–water partition coefficient (Wildman–Crippen LogP) is 2.23. The van der Waals surface area contributed by atoms with E-state index in [4.69, 9.17) is 0 Å². The molecule has 0 radical (unpaired) electrons. The summed E-state index contributed by atoms with van der Waals surface area (Å²) in [5.74, 6) is 0. The van der Waals surface area contributed by atoms with Crippen molar-refractivity contribution in [1.82, 2.24) is 4.90 Å². The van der Waals surface area contributed by atoms with Gasteiger partial charge in [0, 0.05) is 38.0 Å². The van der Waals surface area contributed by atoms with Gasteiger partial charge in [-0.25, -0.2) is 0 Å². The Morgan fingerprint density at radius 2 is 2.10 bits per heavy atom. The van der Waals surface area contributed by atoms with Crippen LogP contribution in [-0.4, -0.2) is 40.7 Å². The fourth-order valence-corrected chi connectivity index (χ4v) is 2.14. The third-order valence-corrected chi connectivity index (χ3v) is 3.02. The van der Waals surface area contributed by atoms with E-state index >= 15 is 0 Å². The second-order valence-electron chi connectivity index (χ2n) is 5.46. The first-order valence-corrected chi connectivity index (χ1v) is 6.66. The number of hydrogen-bond donors (Lipinski definition) is 2. The van der Waals surface area contributed by atoms with E-state index < -0.39 is 10.5 Å². The molecule has 112 valence electrons. The maximum Gasteiger partial charge on any atom is 0.269 e. The van der Waals surface area contributed by atoms with Crippen molar-refractivity contribution in [2.75, 3.05) is 25.5 Å². The van der Waals surface area contributed by atoms with Crippen LogP contribution in [0.25, 0.3) is 0 Å². The van der Waals surface area contributed by atoms with Gasteiger partial charge in [0.1, 0.15) is 0 Å². The standard InChI is InChI=1S/C14H23N3O3/c1-5-16(10-14(2,3)18)9-11-8-12(17(19)20)6-7-13(11)15-4/h6-8,15,18H,5,9-10H2,1-4H3. The number of likely N-dealkylation sites (N-methyl/N-ethyl adjacent to an activating group) is 1. The highest BCUT2D eigenvalue weighted by Crippen LogP contribution is 2.23. The fourth-order valence-electron chi connectivity index (χ4n) is 2.14. The Labute approximate surface area is 119 Å². The Bertz CT molecular complexity index is 469. The number of anilines is 1. The minimum Gasteiger partial charge on any atom is -0.389 e. The third-order valence-electron chi connectivity index (χ3n) is 3.02. The van der Waals surface area contributed by atoms with Crippen LogP contribution < -0.4 is 5.32 Å². The lowest BCUT2D eigenvalue weighted by atomic mass is 10.1. The van der Waals surface area contributed by atoms with Crippen LogP contribution in [0.5, 0.6) is 0 Å². The molecule has 0 aliphatic carbocycles. The van der Waals surface area contributed by atoms with Crippen LogP contribution in [0.2, 0.25) is 0 Å². The third kappa shape index (κ3) is 4.79. The van der Waals surface area contributed by atoms with Crippen LogP contribution in [-0.2, 0) is 6.54 Å². The summed E-state index contributed by atoms with van der Waals surface area (Å²) in [7, 11) is 1.79. The highest BCUT2D eigenvalue weighted by Gasteiger charge is 2.19. The molecule has 1 aromatic carbocycles. The first kappa shape index (κ1) is 16.4. The van der Waals surface area contributed by atoms with Crippen LogP contribution in [0.4, 0.5) is 11.4 Å². The molecule has 0 aromatic heterocycles. The molecule has 20 heavy (non-hydrogen) atoms. The van der Waals surface area contributed by atoms with E-state index in [0.717, 1.165) is 17.8 Å². The highest BCUT2D eigenvalue weighted by molar-refractivity contribution is 5.55. The lowest BCUT2D eigenvalue weighted by Crippen LogP contribution is -2.38. The number of nitro groups is 1. The average Bonchev–Trinajstić information content (AvgIpc) is 2.36. The largest absolute Gasteiger partial charge is 0.389 e. The molecule has 0 amide bonds. The van der Waals surface area contributed by atoms with Gasteiger partial charge < -0.3 is 10.4 Å². The van der Waals surface area contributed by atoms with Crippen molar-refractivity contribution in [1.29, 1.82) is 0 Å². The number of nitro benzene ring substituents is 1. The van der Waals surface area contributed by atoms with Gasteiger partial charge in [-0.2, -0.15) is 0 Å². The summed E-state index contributed by atoms with van der Waals surface area (Å²) < 4.78 is 0. The van der Waals surface area contributed by atoms with Crippen molar-refractivity contribution in [2.24, 2.45) is 0 Å². The van der Waals surface area contributed by atoms with Crippen molar-refractivity contribution < 1.29 is 10.0 Å². The first-order chi connectivity index (χ1) is 9.26. The maximum absolute atomic E-state index is 10.9. The van der Waals surface area contributed by atoms with Gasteiger partial charge in [-0.15, -0.1) is 0 Å². The quantitative estimate of drug-likeness (QED) is 0.592. The van der Waals surface area contributed by atoms with Gasteiger partial charge in [0.25, 0.3) is 5.69 Å². The summed E-state index contributed by atoms with van der Waals surface area (Å²) in [5, 5.41) is 23.8. The summed E-state index contributed by atoms with van der Waals surface area (Å²) >= 11 is 0. The molecule has 0 fully saturated rings. The molecule has 0 atom stereocenters. The van der Waals surface area contributed by atoms with Gasteiger partial charge in [0.15, 0.2) is 0 Å². The average molecular weight is 281 g/mol. The van der Waals surface area contributed by atoms with E-state index in [1.807, 2.05) is 6.92 Å². The van der Waals surface area contributed by atoms with E-state index in [1.165, 1.54) is 6.07 Å². The molecule has 0 heterocycles. The van der Waals surface area contributed by atoms with Crippen LogP contribution >= 0.6 is 0 Å². The van der Waals surface area contributed by atoms with E-state index in [-0.39, 0.29) is 5.69 Å². The van der Waals surface area contributed by atoms with Gasteiger partial charge in [0.05, 0.1) is 10.5 Å². The summed E-state index contributed by atoms with van der Waals surface area (Å²) in [6.45, 7) is 7.33. The van der Waals surface area contributed by atoms with E-state index in [1.54, 1.807) is 33.0 Å². The van der Waals surface area contributed by atoms with Gasteiger partial charge in [0.2, 0.25) is 0 Å². The van der Waals surface area contributed by atoms with Crippen molar-refractivity contribution >= 4 is 11.4 Å². The van der Waals surface area contributed by atoms with Crippen LogP contribution in [0.1, 0.15) is 26.3 Å². The van der Waals surface area contributed by atoms with Gasteiger partial charge in [-0.3, -0.25) is 15.0 Å². The number of rotatable bonds is 7. The molecule has 1 aromatic rings. The molecule has 0 spiro atoms. The molecule has 0 aliphatic heterocycles. The molecular formula is C14H23N3O3. The van der Waals surface area contributed by atoms with E-state index in [0.29, 0.717) is 13.1 Å². The number of non-ortho nitro benzene ring substituents is 1. The summed E-state index contributed by atoms with van der Waals surface area (Å²) in [5.41, 5.74) is 1.01. The van der Waals surface area contributed by atoms with Crippen LogP contribution in [0.3, 0.4) is 0 Å². The molecule has 6 nitrogen and oxygen atoms in total. The molecule has 0 unspecified atom stereocenters. The molecule has 0 saturated heterocycles. The van der Waals surface area contributed by atoms with Crippen molar-refractivity contribution in [3.8, 4) is 0 Å². The minimum atomic E-state index is -0.795. The Kier molecular flexibility index (Phi) is 5.47. The molecule has 6 heteroatoms. The van der Waals surface area contributed by atoms with Crippen molar-refractivity contribution in [3.05, 3.63) is 33.9 Å². The smallest absolute Gasteiger partial charge is 0.269 e. The summed E-state index contributed by atoms with van der Waals surface area (Å²) in [6.07, 6.45) is 0. The SMILES string of the molecule is CCN(Cc1cc([N+](=O)[O-])ccc1NC)CC(C)(C)O. The fraction of sp³-hybridized carbons (Fsp3) is 0.571. The topological polar surface area (TPSA) is 78.6 Å². The van der Waals surface area contributed by atoms with Gasteiger partial charge in [-0.1, -0.05) is 6.92 Å². The lowest BCUT2D eigenvalue weighted by molar-refractivity contribution is -0.384. The summed E-state index contributed by atoms with van der Waals surface area (Å²) in [6, 6.07) is 4.78. The molecule has 0 aliphatic rings. The van der Waals surface area contributed by atoms with Gasteiger partial charge in [-0.05, 0) is 32.0 Å². The molecule has 2 N–H and O–H groups in total. The van der Waals surface area contributed by atoms with Gasteiger partial charge >= 0.3 is 0 Å².